The van der Waals surface area contributed by atoms with E-state index in [0.717, 1.165) is 49.3 Å². The van der Waals surface area contributed by atoms with Crippen molar-refractivity contribution in [2.45, 2.75) is 32.2 Å². The van der Waals surface area contributed by atoms with E-state index >= 15 is 0 Å². The summed E-state index contributed by atoms with van der Waals surface area (Å²) in [7, 11) is 3.78. The monoisotopic (exact) mass is 339 g/mol. The summed E-state index contributed by atoms with van der Waals surface area (Å²) < 4.78 is 11.4. The predicted octanol–water partition coefficient (Wildman–Crippen LogP) is 3.94. The van der Waals surface area contributed by atoms with Crippen LogP contribution in [0, 0.1) is 0 Å². The molecule has 0 aromatic heterocycles. The van der Waals surface area contributed by atoms with Gasteiger partial charge in [-0.25, -0.2) is 0 Å². The molecule has 1 unspecified atom stereocenters. The second-order valence-corrected chi connectivity index (χ2v) is 6.95. The van der Waals surface area contributed by atoms with Crippen LogP contribution in [0.5, 0.6) is 17.2 Å². The molecule has 0 spiro atoms. The van der Waals surface area contributed by atoms with Crippen molar-refractivity contribution in [1.29, 1.82) is 0 Å². The molecule has 2 aromatic rings. The van der Waals surface area contributed by atoms with Gasteiger partial charge in [0.2, 0.25) is 0 Å². The highest BCUT2D eigenvalue weighted by Gasteiger charge is 2.35. The van der Waals surface area contributed by atoms with Crippen molar-refractivity contribution in [3.8, 4) is 28.4 Å². The second kappa shape index (κ2) is 6.26. The number of phenols is 1. The van der Waals surface area contributed by atoms with Crippen LogP contribution < -0.4 is 9.47 Å². The van der Waals surface area contributed by atoms with Crippen LogP contribution in [-0.4, -0.2) is 37.3 Å². The Labute approximate surface area is 149 Å². The summed E-state index contributed by atoms with van der Waals surface area (Å²) in [5, 5.41) is 10.8. The quantitative estimate of drug-likeness (QED) is 0.916. The van der Waals surface area contributed by atoms with Crippen molar-refractivity contribution in [2.75, 3.05) is 27.3 Å². The molecule has 1 aliphatic heterocycles. The van der Waals surface area contributed by atoms with Crippen LogP contribution in [0.4, 0.5) is 0 Å². The molecule has 1 heterocycles. The summed E-state index contributed by atoms with van der Waals surface area (Å²) >= 11 is 0. The first-order valence-electron chi connectivity index (χ1n) is 9.03. The molecule has 0 amide bonds. The number of ether oxygens (including phenoxy) is 2. The molecule has 4 heteroatoms. The molecular weight excluding hydrogens is 314 g/mol. The van der Waals surface area contributed by atoms with Gasteiger partial charge in [0.15, 0.2) is 11.5 Å². The lowest BCUT2D eigenvalue weighted by atomic mass is 9.76. The second-order valence-electron chi connectivity index (χ2n) is 6.95. The van der Waals surface area contributed by atoms with E-state index in [2.05, 4.69) is 37.1 Å². The van der Waals surface area contributed by atoms with Gasteiger partial charge < -0.3 is 14.6 Å². The molecule has 132 valence electrons. The number of phenolic OH excluding ortho intramolecular Hbond substituents is 1. The zero-order valence-electron chi connectivity index (χ0n) is 15.1. The zero-order chi connectivity index (χ0) is 17.6. The Morgan fingerprint density at radius 1 is 1.20 bits per heavy atom. The Balaban J connectivity index is 1.93. The first kappa shape index (κ1) is 16.3. The number of aromatic hydroxyl groups is 1. The van der Waals surface area contributed by atoms with Gasteiger partial charge >= 0.3 is 0 Å². The molecule has 1 atom stereocenters. The van der Waals surface area contributed by atoms with Gasteiger partial charge in [-0.3, -0.25) is 4.90 Å². The van der Waals surface area contributed by atoms with Crippen molar-refractivity contribution in [2.24, 2.45) is 0 Å². The number of hydrogen-bond acceptors (Lipinski definition) is 4. The van der Waals surface area contributed by atoms with Crippen LogP contribution in [0.2, 0.25) is 0 Å². The van der Waals surface area contributed by atoms with Crippen LogP contribution in [0.15, 0.2) is 24.3 Å². The molecule has 0 fully saturated rings. The van der Waals surface area contributed by atoms with Gasteiger partial charge in [0.25, 0.3) is 0 Å². The molecular formula is C21H25NO3. The third-order valence-corrected chi connectivity index (χ3v) is 5.49. The van der Waals surface area contributed by atoms with Crippen molar-refractivity contribution in [3.05, 3.63) is 41.0 Å². The van der Waals surface area contributed by atoms with Crippen molar-refractivity contribution in [1.82, 2.24) is 4.90 Å². The summed E-state index contributed by atoms with van der Waals surface area (Å²) in [6.45, 7) is 3.89. The highest BCUT2D eigenvalue weighted by atomic mass is 16.5. The first-order valence-corrected chi connectivity index (χ1v) is 9.03. The Bertz CT molecular complexity index is 815. The van der Waals surface area contributed by atoms with Crippen LogP contribution in [0.25, 0.3) is 11.1 Å². The van der Waals surface area contributed by atoms with Gasteiger partial charge in [0.05, 0.1) is 13.7 Å². The van der Waals surface area contributed by atoms with Crippen molar-refractivity contribution in [3.63, 3.8) is 0 Å². The molecule has 2 aromatic carbocycles. The summed E-state index contributed by atoms with van der Waals surface area (Å²) in [5.41, 5.74) is 5.84. The van der Waals surface area contributed by atoms with E-state index < -0.39 is 0 Å². The number of methoxy groups -OCH3 is 1. The number of nitrogens with zero attached hydrogens (tertiary/aromatic N) is 1. The Hall–Kier alpha value is -2.20. The maximum absolute atomic E-state index is 10.8. The summed E-state index contributed by atoms with van der Waals surface area (Å²) in [4.78, 5) is 2.42. The van der Waals surface area contributed by atoms with Gasteiger partial charge in [-0.15, -0.1) is 0 Å². The first-order chi connectivity index (χ1) is 12.2. The van der Waals surface area contributed by atoms with Gasteiger partial charge in [-0.1, -0.05) is 19.1 Å². The average Bonchev–Trinajstić information content (AvgIpc) is 2.63. The minimum atomic E-state index is 0.246. The number of likely N-dealkylation sites (N-methyl/N-ethyl adjacent to an activating group) is 1. The zero-order valence-corrected chi connectivity index (χ0v) is 15.1. The largest absolute Gasteiger partial charge is 0.504 e. The molecule has 1 aliphatic carbocycles. The summed E-state index contributed by atoms with van der Waals surface area (Å²) in [6.07, 6.45) is 2.89. The van der Waals surface area contributed by atoms with Gasteiger partial charge in [-0.05, 0) is 55.1 Å². The van der Waals surface area contributed by atoms with E-state index in [0.29, 0.717) is 11.8 Å². The van der Waals surface area contributed by atoms with Gasteiger partial charge in [-0.2, -0.15) is 0 Å². The van der Waals surface area contributed by atoms with Gasteiger partial charge in [0, 0.05) is 23.7 Å². The minimum absolute atomic E-state index is 0.246. The van der Waals surface area contributed by atoms with Crippen LogP contribution in [-0.2, 0) is 12.8 Å². The highest BCUT2D eigenvalue weighted by Crippen LogP contribution is 2.51. The fourth-order valence-electron chi connectivity index (χ4n) is 4.23. The SMILES string of the molecule is CCCOc1ccc2c3c1CCN(C)C3Cc1ccc(OC)c(O)c1-2. The topological polar surface area (TPSA) is 41.9 Å². The molecule has 0 saturated carbocycles. The Morgan fingerprint density at radius 2 is 2.00 bits per heavy atom. The lowest BCUT2D eigenvalue weighted by Crippen LogP contribution is -2.35. The Morgan fingerprint density at radius 3 is 2.76 bits per heavy atom. The summed E-state index contributed by atoms with van der Waals surface area (Å²) in [6, 6.07) is 8.46. The fourth-order valence-corrected chi connectivity index (χ4v) is 4.23. The third-order valence-electron chi connectivity index (χ3n) is 5.49. The maximum atomic E-state index is 10.8. The standard InChI is InChI=1S/C21H25NO3/c1-4-11-25-17-8-6-15-19-13(5-7-18(24-3)21(19)23)12-16-20(15)14(17)9-10-22(16)2/h5-8,16,23H,4,9-12H2,1-3H3. The molecule has 4 nitrogen and oxygen atoms in total. The van der Waals surface area contributed by atoms with Crippen LogP contribution >= 0.6 is 0 Å². The lowest BCUT2D eigenvalue weighted by molar-refractivity contribution is 0.222. The molecule has 4 rings (SSSR count). The van der Waals surface area contributed by atoms with E-state index in [1.54, 1.807) is 7.11 Å². The van der Waals surface area contributed by atoms with Gasteiger partial charge in [0.1, 0.15) is 5.75 Å². The molecule has 25 heavy (non-hydrogen) atoms. The van der Waals surface area contributed by atoms with Crippen molar-refractivity contribution >= 4 is 0 Å². The Kier molecular flexibility index (Phi) is 4.08. The molecule has 2 aliphatic rings. The predicted molar refractivity (Wildman–Crippen MR) is 98.7 cm³/mol. The van der Waals surface area contributed by atoms with Crippen molar-refractivity contribution < 1.29 is 14.6 Å². The molecule has 0 bridgehead atoms. The molecule has 0 saturated heterocycles. The average molecular weight is 339 g/mol. The van der Waals surface area contributed by atoms with E-state index in [1.165, 1.54) is 16.7 Å². The number of hydrogen-bond donors (Lipinski definition) is 1. The third kappa shape index (κ3) is 2.47. The van der Waals surface area contributed by atoms with E-state index in [4.69, 9.17) is 9.47 Å². The minimum Gasteiger partial charge on any atom is -0.504 e. The van der Waals surface area contributed by atoms with E-state index in [1.807, 2.05) is 6.07 Å². The molecule has 1 N–H and O–H groups in total. The highest BCUT2D eigenvalue weighted by molar-refractivity contribution is 5.83. The van der Waals surface area contributed by atoms with Crippen LogP contribution in [0.1, 0.15) is 36.1 Å². The lowest BCUT2D eigenvalue weighted by Gasteiger charge is -2.40. The van der Waals surface area contributed by atoms with Crippen LogP contribution in [0.3, 0.4) is 0 Å². The normalized spacial score (nSPS) is 18.4. The maximum Gasteiger partial charge on any atom is 0.165 e. The fraction of sp³-hybridized carbons (Fsp3) is 0.429. The number of fused-ring (bicyclic) bond motifs is 2. The van der Waals surface area contributed by atoms with E-state index in [-0.39, 0.29) is 5.75 Å². The number of rotatable bonds is 4. The van der Waals surface area contributed by atoms with E-state index in [9.17, 15) is 5.11 Å². The number of benzene rings is 2. The molecule has 0 radical (unpaired) electrons. The smallest absolute Gasteiger partial charge is 0.165 e. The summed E-state index contributed by atoms with van der Waals surface area (Å²) in [5.74, 6) is 1.78.